The van der Waals surface area contributed by atoms with Crippen LogP contribution >= 0.6 is 0 Å². The first-order chi connectivity index (χ1) is 9.67. The minimum absolute atomic E-state index is 0.0781. The fourth-order valence-corrected chi connectivity index (χ4v) is 1.62. The van der Waals surface area contributed by atoms with Gasteiger partial charge in [-0.15, -0.1) is 0 Å². The van der Waals surface area contributed by atoms with Gasteiger partial charge in [-0.05, 0) is 12.5 Å². The number of ether oxygens (including phenoxy) is 1. The molecule has 0 aliphatic rings. The Balaban J connectivity index is 2.53. The van der Waals surface area contributed by atoms with Gasteiger partial charge in [0.2, 0.25) is 0 Å². The number of rotatable bonds is 7. The second-order valence-corrected chi connectivity index (χ2v) is 4.11. The van der Waals surface area contributed by atoms with Crippen LogP contribution in [0.3, 0.4) is 0 Å². The summed E-state index contributed by atoms with van der Waals surface area (Å²) in [7, 11) is 0. The van der Waals surface area contributed by atoms with Crippen LogP contribution in [0.1, 0.15) is 42.1 Å². The van der Waals surface area contributed by atoms with Crippen molar-refractivity contribution in [3.63, 3.8) is 0 Å². The van der Waals surface area contributed by atoms with Crippen molar-refractivity contribution in [2.24, 2.45) is 0 Å². The number of hydrogen-bond donors (Lipinski definition) is 0. The van der Waals surface area contributed by atoms with Gasteiger partial charge in [-0.3, -0.25) is 9.59 Å². The van der Waals surface area contributed by atoms with Crippen LogP contribution in [0.5, 0.6) is 0 Å². The van der Waals surface area contributed by atoms with Crippen LogP contribution in [0.15, 0.2) is 30.3 Å². The van der Waals surface area contributed by atoms with Gasteiger partial charge in [-0.25, -0.2) is 0 Å². The number of carbonyl (C=O) groups excluding carboxylic acids is 2. The second kappa shape index (κ2) is 8.65. The lowest BCUT2D eigenvalue weighted by Crippen LogP contribution is -2.07. The number of Topliss-reactive ketones (excluding diaryl/α,β-unsaturated/α-hetero) is 1. The zero-order valence-corrected chi connectivity index (χ0v) is 11.5. The van der Waals surface area contributed by atoms with Gasteiger partial charge in [0.15, 0.2) is 5.78 Å². The topological polar surface area (TPSA) is 67.2 Å². The van der Waals surface area contributed by atoms with Crippen molar-refractivity contribution in [1.29, 1.82) is 5.26 Å². The third-order valence-corrected chi connectivity index (χ3v) is 2.61. The van der Waals surface area contributed by atoms with Crippen molar-refractivity contribution >= 4 is 17.8 Å². The molecule has 1 rings (SSSR count). The Morgan fingerprint density at radius 3 is 2.55 bits per heavy atom. The number of allylic oxidation sites excluding steroid dienone is 1. The van der Waals surface area contributed by atoms with Gasteiger partial charge in [-0.1, -0.05) is 36.4 Å². The summed E-state index contributed by atoms with van der Waals surface area (Å²) in [6, 6.07) is 9.09. The molecular formula is C16H17NO3. The molecule has 104 valence electrons. The Morgan fingerprint density at radius 2 is 1.95 bits per heavy atom. The first-order valence-corrected chi connectivity index (χ1v) is 6.49. The van der Waals surface area contributed by atoms with E-state index in [0.29, 0.717) is 18.6 Å². The highest BCUT2D eigenvalue weighted by Gasteiger charge is 2.09. The smallest absolute Gasteiger partial charge is 0.306 e. The Kier molecular flexibility index (Phi) is 6.77. The summed E-state index contributed by atoms with van der Waals surface area (Å²) in [4.78, 5) is 23.0. The van der Waals surface area contributed by atoms with Crippen molar-refractivity contribution in [2.45, 2.75) is 26.2 Å². The number of esters is 1. The van der Waals surface area contributed by atoms with E-state index < -0.39 is 0 Å². The van der Waals surface area contributed by atoms with Crippen LogP contribution in [0.4, 0.5) is 0 Å². The number of ketones is 1. The molecule has 0 aliphatic carbocycles. The zero-order valence-electron chi connectivity index (χ0n) is 11.5. The molecule has 0 atom stereocenters. The third-order valence-electron chi connectivity index (χ3n) is 2.61. The SMILES string of the molecule is CCOC(=O)CCC(=O)c1ccc(C=CCC#N)cc1. The summed E-state index contributed by atoms with van der Waals surface area (Å²) < 4.78 is 4.78. The molecule has 0 radical (unpaired) electrons. The molecule has 4 heteroatoms. The summed E-state index contributed by atoms with van der Waals surface area (Å²) in [6.07, 6.45) is 4.22. The summed E-state index contributed by atoms with van der Waals surface area (Å²) in [6.45, 7) is 2.06. The van der Waals surface area contributed by atoms with Crippen molar-refractivity contribution < 1.29 is 14.3 Å². The normalized spacial score (nSPS) is 10.2. The van der Waals surface area contributed by atoms with Gasteiger partial charge in [0.1, 0.15) is 0 Å². The van der Waals surface area contributed by atoms with E-state index in [1.54, 1.807) is 25.1 Å². The lowest BCUT2D eigenvalue weighted by Gasteiger charge is -2.02. The number of nitriles is 1. The van der Waals surface area contributed by atoms with Crippen molar-refractivity contribution in [3.8, 4) is 6.07 Å². The first kappa shape index (κ1) is 15.6. The lowest BCUT2D eigenvalue weighted by atomic mass is 10.0. The van der Waals surface area contributed by atoms with E-state index in [0.717, 1.165) is 5.56 Å². The minimum atomic E-state index is -0.350. The van der Waals surface area contributed by atoms with Gasteiger partial charge in [-0.2, -0.15) is 5.26 Å². The Morgan fingerprint density at radius 1 is 1.25 bits per heavy atom. The zero-order chi connectivity index (χ0) is 14.8. The van der Waals surface area contributed by atoms with E-state index in [9.17, 15) is 9.59 Å². The number of nitrogens with zero attached hydrogens (tertiary/aromatic N) is 1. The highest BCUT2D eigenvalue weighted by Crippen LogP contribution is 2.10. The maximum Gasteiger partial charge on any atom is 0.306 e. The van der Waals surface area contributed by atoms with Gasteiger partial charge in [0.05, 0.1) is 25.5 Å². The third kappa shape index (κ3) is 5.49. The first-order valence-electron chi connectivity index (χ1n) is 6.49. The van der Waals surface area contributed by atoms with E-state index in [1.165, 1.54) is 0 Å². The molecule has 0 fully saturated rings. The molecule has 0 saturated carbocycles. The van der Waals surface area contributed by atoms with Crippen LogP contribution < -0.4 is 0 Å². The average molecular weight is 271 g/mol. The highest BCUT2D eigenvalue weighted by atomic mass is 16.5. The number of carbonyl (C=O) groups is 2. The van der Waals surface area contributed by atoms with Crippen molar-refractivity contribution in [1.82, 2.24) is 0 Å². The van der Waals surface area contributed by atoms with E-state index in [-0.39, 0.29) is 24.6 Å². The van der Waals surface area contributed by atoms with Crippen LogP contribution in [0.25, 0.3) is 6.08 Å². The fourth-order valence-electron chi connectivity index (χ4n) is 1.62. The average Bonchev–Trinajstić information content (AvgIpc) is 2.46. The molecule has 0 spiro atoms. The Hall–Kier alpha value is -2.41. The quantitative estimate of drug-likeness (QED) is 0.564. The van der Waals surface area contributed by atoms with Crippen LogP contribution in [-0.2, 0) is 9.53 Å². The minimum Gasteiger partial charge on any atom is -0.466 e. The summed E-state index contributed by atoms with van der Waals surface area (Å²) in [5, 5.41) is 8.42. The Bertz CT molecular complexity index is 524. The van der Waals surface area contributed by atoms with Gasteiger partial charge < -0.3 is 4.74 Å². The summed E-state index contributed by atoms with van der Waals surface area (Å²) >= 11 is 0. The maximum absolute atomic E-state index is 11.9. The molecule has 0 saturated heterocycles. The van der Waals surface area contributed by atoms with E-state index >= 15 is 0 Å². The second-order valence-electron chi connectivity index (χ2n) is 4.11. The van der Waals surface area contributed by atoms with Gasteiger partial charge in [0.25, 0.3) is 0 Å². The molecule has 0 aromatic heterocycles. The predicted octanol–water partition coefficient (Wildman–Crippen LogP) is 3.14. The van der Waals surface area contributed by atoms with E-state index in [1.807, 2.05) is 24.3 Å². The number of benzene rings is 1. The lowest BCUT2D eigenvalue weighted by molar-refractivity contribution is -0.143. The molecule has 0 amide bonds. The van der Waals surface area contributed by atoms with E-state index in [4.69, 9.17) is 10.00 Å². The van der Waals surface area contributed by atoms with E-state index in [2.05, 4.69) is 0 Å². The van der Waals surface area contributed by atoms with Crippen LogP contribution in [0, 0.1) is 11.3 Å². The molecule has 20 heavy (non-hydrogen) atoms. The molecule has 0 heterocycles. The monoisotopic (exact) mass is 271 g/mol. The maximum atomic E-state index is 11.9. The van der Waals surface area contributed by atoms with Gasteiger partial charge >= 0.3 is 5.97 Å². The largest absolute Gasteiger partial charge is 0.466 e. The molecule has 0 bridgehead atoms. The summed E-state index contributed by atoms with van der Waals surface area (Å²) in [5.41, 5.74) is 1.51. The standard InChI is InChI=1S/C16H17NO3/c1-2-20-16(19)11-10-15(18)14-8-6-13(7-9-14)5-3-4-12-17/h3,5-9H,2,4,10-11H2,1H3. The summed E-state index contributed by atoms with van der Waals surface area (Å²) in [5.74, 6) is -0.428. The van der Waals surface area contributed by atoms with Crippen molar-refractivity contribution in [3.05, 3.63) is 41.5 Å². The molecule has 4 nitrogen and oxygen atoms in total. The molecule has 1 aromatic rings. The van der Waals surface area contributed by atoms with Crippen molar-refractivity contribution in [2.75, 3.05) is 6.61 Å². The highest BCUT2D eigenvalue weighted by molar-refractivity contribution is 5.97. The van der Waals surface area contributed by atoms with Crippen LogP contribution in [0.2, 0.25) is 0 Å². The number of hydrogen-bond acceptors (Lipinski definition) is 4. The van der Waals surface area contributed by atoms with Crippen LogP contribution in [-0.4, -0.2) is 18.4 Å². The van der Waals surface area contributed by atoms with Gasteiger partial charge in [0, 0.05) is 12.0 Å². The molecular weight excluding hydrogens is 254 g/mol. The fraction of sp³-hybridized carbons (Fsp3) is 0.312. The Labute approximate surface area is 118 Å². The molecule has 0 unspecified atom stereocenters. The predicted molar refractivity (Wildman–Crippen MR) is 75.9 cm³/mol. The molecule has 0 N–H and O–H groups in total. The molecule has 0 aliphatic heterocycles. The molecule has 1 aromatic carbocycles.